The zero-order valence-electron chi connectivity index (χ0n) is 20.4. The third-order valence-corrected chi connectivity index (χ3v) is 7.11. The lowest BCUT2D eigenvalue weighted by molar-refractivity contribution is -0.135. The first-order chi connectivity index (χ1) is 16.8. The SMILES string of the molecule is Cc1ccc(OC[C@H]2c3ccsc3CCN2C(=O)CN(CC(C)C)C(=O)c2cccc(F)c2)cc1. The summed E-state index contributed by atoms with van der Waals surface area (Å²) in [5.74, 6) is -0.0307. The number of aryl methyl sites for hydroxylation is 1. The molecule has 0 saturated carbocycles. The first-order valence-electron chi connectivity index (χ1n) is 11.9. The van der Waals surface area contributed by atoms with Crippen molar-refractivity contribution in [2.45, 2.75) is 33.2 Å². The highest BCUT2D eigenvalue weighted by Crippen LogP contribution is 2.34. The largest absolute Gasteiger partial charge is 0.491 e. The van der Waals surface area contributed by atoms with Gasteiger partial charge in [-0.15, -0.1) is 11.3 Å². The van der Waals surface area contributed by atoms with Crippen LogP contribution in [-0.4, -0.2) is 47.9 Å². The number of halogens is 1. The van der Waals surface area contributed by atoms with Crippen LogP contribution in [0.3, 0.4) is 0 Å². The quantitative estimate of drug-likeness (QED) is 0.416. The van der Waals surface area contributed by atoms with Crippen molar-refractivity contribution in [3.05, 3.63) is 87.4 Å². The Labute approximate surface area is 210 Å². The van der Waals surface area contributed by atoms with E-state index in [-0.39, 0.29) is 35.9 Å². The molecule has 0 fully saturated rings. The summed E-state index contributed by atoms with van der Waals surface area (Å²) in [5, 5.41) is 2.05. The molecule has 1 aliphatic heterocycles. The van der Waals surface area contributed by atoms with E-state index < -0.39 is 5.82 Å². The molecule has 0 radical (unpaired) electrons. The van der Waals surface area contributed by atoms with Crippen LogP contribution in [0.5, 0.6) is 5.75 Å². The molecule has 184 valence electrons. The van der Waals surface area contributed by atoms with Gasteiger partial charge in [0.2, 0.25) is 5.91 Å². The maximum absolute atomic E-state index is 13.8. The lowest BCUT2D eigenvalue weighted by atomic mass is 10.00. The number of thiophene rings is 1. The molecule has 1 aromatic heterocycles. The summed E-state index contributed by atoms with van der Waals surface area (Å²) < 4.78 is 19.9. The molecule has 0 spiro atoms. The van der Waals surface area contributed by atoms with E-state index in [9.17, 15) is 14.0 Å². The van der Waals surface area contributed by atoms with Gasteiger partial charge in [-0.1, -0.05) is 37.6 Å². The Hall–Kier alpha value is -3.19. The number of carbonyl (C=O) groups is 2. The van der Waals surface area contributed by atoms with Crippen LogP contribution < -0.4 is 4.74 Å². The average molecular weight is 495 g/mol. The van der Waals surface area contributed by atoms with Gasteiger partial charge in [-0.05, 0) is 66.6 Å². The average Bonchev–Trinajstić information content (AvgIpc) is 3.31. The zero-order chi connectivity index (χ0) is 24.9. The van der Waals surface area contributed by atoms with Gasteiger partial charge in [0.1, 0.15) is 24.7 Å². The molecular weight excluding hydrogens is 463 g/mol. The Morgan fingerprint density at radius 2 is 1.94 bits per heavy atom. The highest BCUT2D eigenvalue weighted by molar-refractivity contribution is 7.10. The molecular formula is C28H31FN2O3S. The number of hydrogen-bond donors (Lipinski definition) is 0. The molecule has 3 aromatic rings. The van der Waals surface area contributed by atoms with Crippen LogP contribution in [0.4, 0.5) is 4.39 Å². The summed E-state index contributed by atoms with van der Waals surface area (Å²) in [6.45, 7) is 7.26. The Bertz CT molecular complexity index is 1170. The fraction of sp³-hybridized carbons (Fsp3) is 0.357. The molecule has 7 heteroatoms. The van der Waals surface area contributed by atoms with E-state index >= 15 is 0 Å². The molecule has 4 rings (SSSR count). The summed E-state index contributed by atoms with van der Waals surface area (Å²) in [6, 6.07) is 15.3. The fourth-order valence-electron chi connectivity index (χ4n) is 4.40. The summed E-state index contributed by atoms with van der Waals surface area (Å²) >= 11 is 1.70. The van der Waals surface area contributed by atoms with Gasteiger partial charge in [0.05, 0.1) is 6.04 Å². The second-order valence-corrected chi connectivity index (χ2v) is 10.4. The van der Waals surface area contributed by atoms with Crippen molar-refractivity contribution in [3.63, 3.8) is 0 Å². The third kappa shape index (κ3) is 6.09. The Balaban J connectivity index is 1.53. The van der Waals surface area contributed by atoms with E-state index in [4.69, 9.17) is 4.74 Å². The van der Waals surface area contributed by atoms with E-state index in [2.05, 4.69) is 11.4 Å². The van der Waals surface area contributed by atoms with Crippen molar-refractivity contribution in [2.24, 2.45) is 5.92 Å². The predicted molar refractivity (Wildman–Crippen MR) is 136 cm³/mol. The van der Waals surface area contributed by atoms with E-state index in [0.717, 1.165) is 23.3 Å². The van der Waals surface area contributed by atoms with Crippen molar-refractivity contribution >= 4 is 23.2 Å². The molecule has 1 atom stereocenters. The van der Waals surface area contributed by atoms with Crippen LogP contribution in [0.2, 0.25) is 0 Å². The monoisotopic (exact) mass is 494 g/mol. The highest BCUT2D eigenvalue weighted by Gasteiger charge is 2.33. The number of ether oxygens (including phenoxy) is 1. The maximum Gasteiger partial charge on any atom is 0.254 e. The second-order valence-electron chi connectivity index (χ2n) is 9.37. The van der Waals surface area contributed by atoms with Crippen LogP contribution >= 0.6 is 11.3 Å². The molecule has 5 nitrogen and oxygen atoms in total. The number of hydrogen-bond acceptors (Lipinski definition) is 4. The third-order valence-electron chi connectivity index (χ3n) is 6.11. The van der Waals surface area contributed by atoms with Crippen molar-refractivity contribution in [1.82, 2.24) is 9.80 Å². The standard InChI is InChI=1S/C28H31FN2O3S/c1-19(2)16-30(28(33)21-5-4-6-22(29)15-21)17-27(32)31-13-11-26-24(12-14-35-26)25(31)18-34-23-9-7-20(3)8-10-23/h4-10,12,14-15,19,25H,11,13,16-18H2,1-3H3/t25-/m0/s1. The first kappa shape index (κ1) is 24.9. The van der Waals surface area contributed by atoms with Gasteiger partial charge < -0.3 is 14.5 Å². The first-order valence-corrected chi connectivity index (χ1v) is 12.8. The van der Waals surface area contributed by atoms with Gasteiger partial charge in [0.15, 0.2) is 0 Å². The number of benzene rings is 2. The Morgan fingerprint density at radius 1 is 1.17 bits per heavy atom. The van der Waals surface area contributed by atoms with Gasteiger partial charge in [-0.3, -0.25) is 9.59 Å². The molecule has 0 bridgehead atoms. The number of nitrogens with zero attached hydrogens (tertiary/aromatic N) is 2. The molecule has 35 heavy (non-hydrogen) atoms. The predicted octanol–water partition coefficient (Wildman–Crippen LogP) is 5.50. The minimum atomic E-state index is -0.471. The fourth-order valence-corrected chi connectivity index (χ4v) is 5.33. The molecule has 2 aromatic carbocycles. The molecule has 1 aliphatic rings. The topological polar surface area (TPSA) is 49.9 Å². The lowest BCUT2D eigenvalue weighted by Crippen LogP contribution is -2.48. The summed E-state index contributed by atoms with van der Waals surface area (Å²) in [4.78, 5) is 31.4. The van der Waals surface area contributed by atoms with Crippen molar-refractivity contribution < 1.29 is 18.7 Å². The number of fused-ring (bicyclic) bond motifs is 1. The summed E-state index contributed by atoms with van der Waals surface area (Å²) in [5.41, 5.74) is 2.50. The zero-order valence-corrected chi connectivity index (χ0v) is 21.2. The van der Waals surface area contributed by atoms with Crippen LogP contribution in [0.1, 0.15) is 46.3 Å². The van der Waals surface area contributed by atoms with Crippen molar-refractivity contribution in [3.8, 4) is 5.75 Å². The van der Waals surface area contributed by atoms with E-state index in [1.807, 2.05) is 49.9 Å². The van der Waals surface area contributed by atoms with E-state index in [0.29, 0.717) is 19.7 Å². The summed E-state index contributed by atoms with van der Waals surface area (Å²) in [6.07, 6.45) is 0.780. The number of amides is 2. The Morgan fingerprint density at radius 3 is 2.66 bits per heavy atom. The molecule has 0 N–H and O–H groups in total. The van der Waals surface area contributed by atoms with E-state index in [1.165, 1.54) is 28.0 Å². The van der Waals surface area contributed by atoms with Gasteiger partial charge >= 0.3 is 0 Å². The van der Waals surface area contributed by atoms with Crippen LogP contribution in [-0.2, 0) is 11.2 Å². The van der Waals surface area contributed by atoms with Crippen LogP contribution in [0, 0.1) is 18.7 Å². The smallest absolute Gasteiger partial charge is 0.254 e. The lowest BCUT2D eigenvalue weighted by Gasteiger charge is -2.37. The van der Waals surface area contributed by atoms with Gasteiger partial charge in [-0.2, -0.15) is 0 Å². The normalized spacial score (nSPS) is 15.1. The van der Waals surface area contributed by atoms with Gasteiger partial charge in [0, 0.05) is 23.5 Å². The highest BCUT2D eigenvalue weighted by atomic mass is 32.1. The maximum atomic E-state index is 13.8. The second kappa shape index (κ2) is 11.0. The molecule has 2 amide bonds. The van der Waals surface area contributed by atoms with Crippen molar-refractivity contribution in [1.29, 1.82) is 0 Å². The van der Waals surface area contributed by atoms with Crippen LogP contribution in [0.15, 0.2) is 60.0 Å². The molecule has 0 aliphatic carbocycles. The molecule has 0 saturated heterocycles. The molecule has 0 unspecified atom stereocenters. The minimum Gasteiger partial charge on any atom is -0.491 e. The van der Waals surface area contributed by atoms with Gasteiger partial charge in [0.25, 0.3) is 5.91 Å². The van der Waals surface area contributed by atoms with Crippen molar-refractivity contribution in [2.75, 3.05) is 26.2 Å². The van der Waals surface area contributed by atoms with Crippen LogP contribution in [0.25, 0.3) is 0 Å². The number of rotatable bonds is 8. The van der Waals surface area contributed by atoms with E-state index in [1.54, 1.807) is 17.4 Å². The van der Waals surface area contributed by atoms with Gasteiger partial charge in [-0.25, -0.2) is 4.39 Å². The molecule has 2 heterocycles. The summed E-state index contributed by atoms with van der Waals surface area (Å²) in [7, 11) is 0. The Kier molecular flexibility index (Phi) is 7.86. The number of carbonyl (C=O) groups excluding carboxylic acids is 2. The minimum absolute atomic E-state index is 0.0615.